The zero-order valence-electron chi connectivity index (χ0n) is 16.9. The molecule has 3 N–H and O–H groups in total. The molecule has 2 heterocycles. The van der Waals surface area contributed by atoms with Gasteiger partial charge in [-0.15, -0.1) is 11.8 Å². The molecule has 162 valence electrons. The fraction of sp³-hybridized carbons (Fsp3) is 0.190. The van der Waals surface area contributed by atoms with Crippen molar-refractivity contribution in [2.75, 3.05) is 18.4 Å². The average molecular weight is 443 g/mol. The predicted octanol–water partition coefficient (Wildman–Crippen LogP) is 3.31. The van der Waals surface area contributed by atoms with E-state index in [9.17, 15) is 0 Å². The highest BCUT2D eigenvalue weighted by atomic mass is 32.2. The maximum Gasteiger partial charge on any atom is 0.414 e. The lowest BCUT2D eigenvalue weighted by atomic mass is 10.1. The van der Waals surface area contributed by atoms with Gasteiger partial charge in [0.15, 0.2) is 11.5 Å². The second-order valence-corrected chi connectivity index (χ2v) is 7.29. The second-order valence-electron chi connectivity index (χ2n) is 6.41. The Morgan fingerprint density at radius 3 is 2.42 bits per heavy atom. The molecule has 2 aromatic carbocycles. The minimum atomic E-state index is -1.82. The van der Waals surface area contributed by atoms with E-state index in [-0.39, 0.29) is 6.79 Å². The Balaban J connectivity index is 0.000000401. The number of fused-ring (bicyclic) bond motifs is 1. The number of hydrogen-bond donors (Lipinski definition) is 3. The van der Waals surface area contributed by atoms with E-state index >= 15 is 0 Å². The van der Waals surface area contributed by atoms with Gasteiger partial charge in [-0.05, 0) is 42.2 Å². The number of nitrogens with zero attached hydrogens (tertiary/aromatic N) is 2. The molecule has 9 nitrogen and oxygen atoms in total. The Hall–Kier alpha value is -3.66. The van der Waals surface area contributed by atoms with E-state index in [1.165, 1.54) is 10.5 Å². The summed E-state index contributed by atoms with van der Waals surface area (Å²) < 4.78 is 12.9. The number of aliphatic carboxylic acids is 2. The molecule has 1 aliphatic heterocycles. The Morgan fingerprint density at radius 1 is 1.10 bits per heavy atom. The van der Waals surface area contributed by atoms with Crippen LogP contribution in [0.3, 0.4) is 0 Å². The predicted molar refractivity (Wildman–Crippen MR) is 116 cm³/mol. The van der Waals surface area contributed by atoms with Gasteiger partial charge >= 0.3 is 11.9 Å². The Bertz CT molecular complexity index is 1070. The van der Waals surface area contributed by atoms with Crippen molar-refractivity contribution >= 4 is 29.6 Å². The molecular formula is C21H21N3O6S. The first-order valence-electron chi connectivity index (χ1n) is 9.13. The van der Waals surface area contributed by atoms with Crippen LogP contribution in [0, 0.1) is 0 Å². The monoisotopic (exact) mass is 443 g/mol. The van der Waals surface area contributed by atoms with E-state index in [2.05, 4.69) is 40.8 Å². The van der Waals surface area contributed by atoms with Crippen LogP contribution in [0.4, 0.5) is 5.95 Å². The normalized spacial score (nSPS) is 11.4. The molecule has 0 aliphatic carbocycles. The number of nitrogens with one attached hydrogen (secondary N) is 1. The molecule has 0 bridgehead atoms. The number of thioether (sulfide) groups is 1. The number of benzene rings is 2. The lowest BCUT2D eigenvalue weighted by Gasteiger charge is -2.09. The first-order valence-corrected chi connectivity index (χ1v) is 10.4. The molecule has 0 saturated heterocycles. The number of ether oxygens (including phenoxy) is 2. The van der Waals surface area contributed by atoms with Crippen LogP contribution in [0.5, 0.6) is 11.5 Å². The van der Waals surface area contributed by atoms with E-state index in [1.54, 1.807) is 11.8 Å². The largest absolute Gasteiger partial charge is 0.473 e. The van der Waals surface area contributed by atoms with Crippen molar-refractivity contribution in [1.82, 2.24) is 9.55 Å². The van der Waals surface area contributed by atoms with Crippen molar-refractivity contribution in [3.05, 3.63) is 54.2 Å². The van der Waals surface area contributed by atoms with Gasteiger partial charge in [-0.2, -0.15) is 0 Å². The topological polar surface area (TPSA) is 123 Å². The molecule has 10 heteroatoms. The summed E-state index contributed by atoms with van der Waals surface area (Å²) in [5.74, 6) is -1.24. The Morgan fingerprint density at radius 2 is 1.77 bits per heavy atom. The third kappa shape index (κ3) is 5.48. The van der Waals surface area contributed by atoms with Gasteiger partial charge in [-0.1, -0.05) is 12.1 Å². The van der Waals surface area contributed by atoms with Gasteiger partial charge in [0.25, 0.3) is 0 Å². The number of hydrogen-bond acceptors (Lipinski definition) is 7. The third-order valence-electron chi connectivity index (χ3n) is 4.45. The van der Waals surface area contributed by atoms with Crippen molar-refractivity contribution in [3.63, 3.8) is 0 Å². The molecule has 4 rings (SSSR count). The van der Waals surface area contributed by atoms with Crippen LogP contribution in [0.15, 0.2) is 53.6 Å². The van der Waals surface area contributed by atoms with Crippen molar-refractivity contribution in [1.29, 1.82) is 0 Å². The van der Waals surface area contributed by atoms with Crippen molar-refractivity contribution in [3.8, 4) is 22.8 Å². The Labute approximate surface area is 182 Å². The average Bonchev–Trinajstić information content (AvgIpc) is 3.38. The lowest BCUT2D eigenvalue weighted by molar-refractivity contribution is -0.159. The quantitative estimate of drug-likeness (QED) is 0.402. The van der Waals surface area contributed by atoms with Crippen LogP contribution < -0.4 is 14.8 Å². The van der Waals surface area contributed by atoms with Crippen molar-refractivity contribution < 1.29 is 29.3 Å². The van der Waals surface area contributed by atoms with Gasteiger partial charge in [-0.25, -0.2) is 14.6 Å². The maximum atomic E-state index is 9.10. The first kappa shape index (κ1) is 22.0. The smallest absolute Gasteiger partial charge is 0.414 e. The van der Waals surface area contributed by atoms with Crippen LogP contribution in [0.1, 0.15) is 5.56 Å². The van der Waals surface area contributed by atoms with E-state index in [4.69, 9.17) is 29.3 Å². The highest BCUT2D eigenvalue weighted by Crippen LogP contribution is 2.36. The Kier molecular flexibility index (Phi) is 7.03. The number of anilines is 1. The number of carboxylic acids is 2. The van der Waals surface area contributed by atoms with Gasteiger partial charge < -0.3 is 29.6 Å². The number of carbonyl (C=O) groups is 2. The molecule has 0 fully saturated rings. The minimum Gasteiger partial charge on any atom is -0.473 e. The van der Waals surface area contributed by atoms with Gasteiger partial charge in [0, 0.05) is 24.1 Å². The molecule has 1 aromatic heterocycles. The van der Waals surface area contributed by atoms with E-state index < -0.39 is 11.9 Å². The number of carboxylic acid groups (broad SMARTS) is 2. The SMILES string of the molecule is CSc1ccc(CNc2ncc(-c3ccc4c(c3)OCO4)n2C)cc1.O=C(O)C(=O)O. The summed E-state index contributed by atoms with van der Waals surface area (Å²) in [4.78, 5) is 24.0. The van der Waals surface area contributed by atoms with Crippen LogP contribution in [0.25, 0.3) is 11.3 Å². The zero-order valence-corrected chi connectivity index (χ0v) is 17.7. The van der Waals surface area contributed by atoms with Crippen LogP contribution in [-0.2, 0) is 23.2 Å². The van der Waals surface area contributed by atoms with E-state index in [1.807, 2.05) is 36.0 Å². The summed E-state index contributed by atoms with van der Waals surface area (Å²) in [5, 5.41) is 18.2. The molecule has 0 saturated carbocycles. The lowest BCUT2D eigenvalue weighted by Crippen LogP contribution is -2.09. The van der Waals surface area contributed by atoms with Crippen molar-refractivity contribution in [2.24, 2.45) is 7.05 Å². The first-order chi connectivity index (χ1) is 14.9. The standard InChI is InChI=1S/C19H19N3O2S.C2H2O4/c1-22-16(14-5-8-17-18(9-14)24-12-23-17)11-21-19(22)20-10-13-3-6-15(25-2)7-4-13;3-1(4)2(5)6/h3-9,11H,10,12H2,1-2H3,(H,20,21);(H,3,4)(H,5,6). The fourth-order valence-electron chi connectivity index (χ4n) is 2.82. The highest BCUT2D eigenvalue weighted by molar-refractivity contribution is 7.98. The van der Waals surface area contributed by atoms with Crippen LogP contribution in [0.2, 0.25) is 0 Å². The highest BCUT2D eigenvalue weighted by Gasteiger charge is 2.16. The molecule has 0 amide bonds. The summed E-state index contributed by atoms with van der Waals surface area (Å²) in [7, 11) is 2.01. The molecule has 31 heavy (non-hydrogen) atoms. The summed E-state index contributed by atoms with van der Waals surface area (Å²) in [6, 6.07) is 14.5. The zero-order chi connectivity index (χ0) is 22.4. The fourth-order valence-corrected chi connectivity index (χ4v) is 3.23. The van der Waals surface area contributed by atoms with Crippen LogP contribution in [-0.4, -0.2) is 44.8 Å². The summed E-state index contributed by atoms with van der Waals surface area (Å²) in [6.07, 6.45) is 3.95. The van der Waals surface area contributed by atoms with Crippen molar-refractivity contribution in [2.45, 2.75) is 11.4 Å². The summed E-state index contributed by atoms with van der Waals surface area (Å²) in [5.41, 5.74) is 3.31. The molecule has 0 unspecified atom stereocenters. The molecule has 1 aliphatic rings. The maximum absolute atomic E-state index is 9.10. The summed E-state index contributed by atoms with van der Waals surface area (Å²) >= 11 is 1.75. The molecular weight excluding hydrogens is 422 g/mol. The molecule has 0 radical (unpaired) electrons. The number of imidazole rings is 1. The molecule has 3 aromatic rings. The van der Waals surface area contributed by atoms with Gasteiger partial charge in [0.1, 0.15) is 0 Å². The number of aromatic nitrogens is 2. The minimum absolute atomic E-state index is 0.284. The van der Waals surface area contributed by atoms with E-state index in [0.29, 0.717) is 0 Å². The van der Waals surface area contributed by atoms with Crippen LogP contribution >= 0.6 is 11.8 Å². The molecule has 0 atom stereocenters. The summed E-state index contributed by atoms with van der Waals surface area (Å²) in [6.45, 7) is 1.02. The third-order valence-corrected chi connectivity index (χ3v) is 5.19. The second kappa shape index (κ2) is 9.90. The number of rotatable bonds is 5. The molecule has 0 spiro atoms. The van der Waals surface area contributed by atoms with Gasteiger partial charge in [-0.3, -0.25) is 0 Å². The van der Waals surface area contributed by atoms with Gasteiger partial charge in [0.05, 0.1) is 11.9 Å². The van der Waals surface area contributed by atoms with E-state index in [0.717, 1.165) is 35.2 Å². The van der Waals surface area contributed by atoms with Gasteiger partial charge in [0.2, 0.25) is 12.7 Å².